The molecule has 8 heteroatoms. The Kier molecular flexibility index (Phi) is 4.98. The molecule has 2 aromatic heterocycles. The Labute approximate surface area is 145 Å². The van der Waals surface area contributed by atoms with Crippen LogP contribution in [0.5, 0.6) is 0 Å². The van der Waals surface area contributed by atoms with Crippen LogP contribution in [0.15, 0.2) is 40.9 Å². The maximum Gasteiger partial charge on any atom is 0.265 e. The molecule has 6 nitrogen and oxygen atoms in total. The molecule has 128 valence electrons. The van der Waals surface area contributed by atoms with E-state index in [0.29, 0.717) is 19.6 Å². The van der Waals surface area contributed by atoms with Crippen LogP contribution in [0.1, 0.15) is 28.1 Å². The van der Waals surface area contributed by atoms with Crippen LogP contribution in [0.3, 0.4) is 0 Å². The predicted molar refractivity (Wildman–Crippen MR) is 92.3 cm³/mol. The second-order valence-corrected chi connectivity index (χ2v) is 8.57. The van der Waals surface area contributed by atoms with Gasteiger partial charge in [0.15, 0.2) is 0 Å². The highest BCUT2D eigenvalue weighted by Crippen LogP contribution is 2.28. The highest BCUT2D eigenvalue weighted by Gasteiger charge is 2.32. The summed E-state index contributed by atoms with van der Waals surface area (Å²) in [6.07, 6.45) is 5.10. The summed E-state index contributed by atoms with van der Waals surface area (Å²) >= 11 is 1.17. The molecular weight excluding hydrogens is 346 g/mol. The van der Waals surface area contributed by atoms with Crippen LogP contribution in [0.4, 0.5) is 0 Å². The summed E-state index contributed by atoms with van der Waals surface area (Å²) in [4.78, 5) is 18.7. The van der Waals surface area contributed by atoms with Crippen molar-refractivity contribution in [1.29, 1.82) is 0 Å². The fourth-order valence-corrected chi connectivity index (χ4v) is 5.64. The molecule has 1 aliphatic heterocycles. The van der Waals surface area contributed by atoms with Gasteiger partial charge in [-0.3, -0.25) is 9.78 Å². The van der Waals surface area contributed by atoms with E-state index in [0.717, 1.165) is 18.4 Å². The fourth-order valence-electron chi connectivity index (χ4n) is 2.73. The minimum Gasteiger partial charge on any atom is -0.337 e. The third-order valence-corrected chi connectivity index (χ3v) is 6.97. The molecule has 3 rings (SSSR count). The summed E-state index contributed by atoms with van der Waals surface area (Å²) in [5, 5.41) is 1.66. The molecule has 0 radical (unpaired) electrons. The van der Waals surface area contributed by atoms with Crippen LogP contribution >= 0.6 is 11.3 Å². The van der Waals surface area contributed by atoms with Gasteiger partial charge in [0.2, 0.25) is 10.0 Å². The minimum atomic E-state index is -3.59. The van der Waals surface area contributed by atoms with Crippen molar-refractivity contribution in [3.63, 3.8) is 0 Å². The number of rotatable bonds is 5. The van der Waals surface area contributed by atoms with Crippen molar-refractivity contribution >= 4 is 27.3 Å². The van der Waals surface area contributed by atoms with Gasteiger partial charge in [0, 0.05) is 39.1 Å². The summed E-state index contributed by atoms with van der Waals surface area (Å²) in [7, 11) is -1.93. The SMILES string of the molecule is CN(Cc1cccnc1)C(=O)c1sccc1S(=O)(=O)N1CCCC1. The van der Waals surface area contributed by atoms with E-state index in [4.69, 9.17) is 0 Å². The summed E-state index contributed by atoms with van der Waals surface area (Å²) < 4.78 is 27.0. The molecule has 24 heavy (non-hydrogen) atoms. The van der Waals surface area contributed by atoms with E-state index in [2.05, 4.69) is 4.98 Å². The third-order valence-electron chi connectivity index (χ3n) is 4.00. The molecule has 2 aromatic rings. The van der Waals surface area contributed by atoms with E-state index in [1.54, 1.807) is 24.8 Å². The van der Waals surface area contributed by atoms with Gasteiger partial charge in [-0.15, -0.1) is 11.3 Å². The van der Waals surface area contributed by atoms with Crippen LogP contribution in [-0.4, -0.2) is 48.7 Å². The van der Waals surface area contributed by atoms with Crippen molar-refractivity contribution in [1.82, 2.24) is 14.2 Å². The first-order valence-corrected chi connectivity index (χ1v) is 10.0. The molecular formula is C16H19N3O3S2. The normalized spacial score (nSPS) is 15.5. The summed E-state index contributed by atoms with van der Waals surface area (Å²) in [5.41, 5.74) is 0.897. The van der Waals surface area contributed by atoms with Gasteiger partial charge < -0.3 is 4.90 Å². The Hall–Kier alpha value is -1.77. The molecule has 0 N–H and O–H groups in total. The van der Waals surface area contributed by atoms with Crippen molar-refractivity contribution in [2.24, 2.45) is 0 Å². The Morgan fingerprint density at radius 2 is 2.08 bits per heavy atom. The molecule has 0 bridgehead atoms. The van der Waals surface area contributed by atoms with Crippen LogP contribution in [0, 0.1) is 0 Å². The number of carbonyl (C=O) groups is 1. The molecule has 1 aliphatic rings. The number of pyridine rings is 1. The number of thiophene rings is 1. The predicted octanol–water partition coefficient (Wildman–Crippen LogP) is 2.20. The van der Waals surface area contributed by atoms with E-state index in [-0.39, 0.29) is 15.7 Å². The van der Waals surface area contributed by atoms with Gasteiger partial charge in [-0.25, -0.2) is 8.42 Å². The number of hydrogen-bond acceptors (Lipinski definition) is 5. The van der Waals surface area contributed by atoms with Crippen LogP contribution < -0.4 is 0 Å². The molecule has 0 atom stereocenters. The summed E-state index contributed by atoms with van der Waals surface area (Å²) in [6, 6.07) is 5.22. The lowest BCUT2D eigenvalue weighted by Gasteiger charge is -2.19. The smallest absolute Gasteiger partial charge is 0.265 e. The lowest BCUT2D eigenvalue weighted by Crippen LogP contribution is -2.31. The lowest BCUT2D eigenvalue weighted by atomic mass is 10.2. The Morgan fingerprint density at radius 1 is 1.33 bits per heavy atom. The first-order chi connectivity index (χ1) is 11.5. The van der Waals surface area contributed by atoms with Crippen LogP contribution in [-0.2, 0) is 16.6 Å². The second-order valence-electron chi connectivity index (χ2n) is 5.75. The molecule has 0 unspecified atom stereocenters. The Bertz CT molecular complexity index is 812. The zero-order chi connectivity index (χ0) is 17.2. The zero-order valence-corrected chi connectivity index (χ0v) is 15.0. The standard InChI is InChI=1S/C16H19N3O3S2/c1-18(12-13-5-4-7-17-11-13)16(20)15-14(6-10-23-15)24(21,22)19-8-2-3-9-19/h4-7,10-11H,2-3,8-9,12H2,1H3. The van der Waals surface area contributed by atoms with Gasteiger partial charge in [-0.05, 0) is 35.9 Å². The number of amides is 1. The Morgan fingerprint density at radius 3 is 2.75 bits per heavy atom. The average Bonchev–Trinajstić information content (AvgIpc) is 3.27. The van der Waals surface area contributed by atoms with Gasteiger partial charge in [0.05, 0.1) is 0 Å². The first kappa shape index (κ1) is 17.1. The topological polar surface area (TPSA) is 70.6 Å². The van der Waals surface area contributed by atoms with E-state index in [9.17, 15) is 13.2 Å². The van der Waals surface area contributed by atoms with Gasteiger partial charge in [0.25, 0.3) is 5.91 Å². The molecule has 0 spiro atoms. The van der Waals surface area contributed by atoms with Crippen LogP contribution in [0.25, 0.3) is 0 Å². The first-order valence-electron chi connectivity index (χ1n) is 7.72. The van der Waals surface area contributed by atoms with E-state index >= 15 is 0 Å². The van der Waals surface area contributed by atoms with Crippen molar-refractivity contribution in [2.45, 2.75) is 24.3 Å². The monoisotopic (exact) mass is 365 g/mol. The maximum absolute atomic E-state index is 12.8. The largest absolute Gasteiger partial charge is 0.337 e. The highest BCUT2D eigenvalue weighted by molar-refractivity contribution is 7.89. The van der Waals surface area contributed by atoms with Crippen molar-refractivity contribution in [3.05, 3.63) is 46.4 Å². The molecule has 1 amide bonds. The quantitative estimate of drug-likeness (QED) is 0.814. The lowest BCUT2D eigenvalue weighted by molar-refractivity contribution is 0.0786. The van der Waals surface area contributed by atoms with Crippen LogP contribution in [0.2, 0.25) is 0 Å². The minimum absolute atomic E-state index is 0.123. The number of nitrogens with zero attached hydrogens (tertiary/aromatic N) is 3. The molecule has 0 saturated carbocycles. The van der Waals surface area contributed by atoms with E-state index < -0.39 is 10.0 Å². The van der Waals surface area contributed by atoms with E-state index in [1.165, 1.54) is 26.6 Å². The molecule has 0 aliphatic carbocycles. The number of sulfonamides is 1. The number of aromatic nitrogens is 1. The van der Waals surface area contributed by atoms with Gasteiger partial charge in [-0.1, -0.05) is 6.07 Å². The van der Waals surface area contributed by atoms with Gasteiger partial charge in [0.1, 0.15) is 9.77 Å². The Balaban J connectivity index is 1.83. The summed E-state index contributed by atoms with van der Waals surface area (Å²) in [6.45, 7) is 1.43. The number of hydrogen-bond donors (Lipinski definition) is 0. The molecule has 1 saturated heterocycles. The molecule has 0 aromatic carbocycles. The average molecular weight is 365 g/mol. The maximum atomic E-state index is 12.8. The zero-order valence-electron chi connectivity index (χ0n) is 13.4. The van der Waals surface area contributed by atoms with Crippen molar-refractivity contribution in [3.8, 4) is 0 Å². The van der Waals surface area contributed by atoms with Crippen molar-refractivity contribution < 1.29 is 13.2 Å². The molecule has 3 heterocycles. The summed E-state index contributed by atoms with van der Waals surface area (Å²) in [5.74, 6) is -0.286. The second kappa shape index (κ2) is 7.00. The molecule has 1 fully saturated rings. The van der Waals surface area contributed by atoms with Gasteiger partial charge >= 0.3 is 0 Å². The van der Waals surface area contributed by atoms with Gasteiger partial charge in [-0.2, -0.15) is 4.31 Å². The van der Waals surface area contributed by atoms with E-state index in [1.807, 2.05) is 12.1 Å². The fraction of sp³-hybridized carbons (Fsp3) is 0.375. The third kappa shape index (κ3) is 3.35. The highest BCUT2D eigenvalue weighted by atomic mass is 32.2. The number of carbonyl (C=O) groups excluding carboxylic acids is 1. The van der Waals surface area contributed by atoms with Crippen molar-refractivity contribution in [2.75, 3.05) is 20.1 Å².